The van der Waals surface area contributed by atoms with Crippen LogP contribution in [0.4, 0.5) is 11.4 Å². The van der Waals surface area contributed by atoms with E-state index in [1.54, 1.807) is 18.2 Å². The number of hydrogen-bond acceptors (Lipinski definition) is 4. The molecule has 0 aliphatic heterocycles. The van der Waals surface area contributed by atoms with Crippen molar-refractivity contribution < 1.29 is 18.0 Å². The highest BCUT2D eigenvalue weighted by molar-refractivity contribution is 7.92. The highest BCUT2D eigenvalue weighted by atomic mass is 32.2. The van der Waals surface area contributed by atoms with Gasteiger partial charge in [-0.1, -0.05) is 6.07 Å². The molecule has 0 radical (unpaired) electrons. The topological polar surface area (TPSA) is 104 Å². The van der Waals surface area contributed by atoms with Gasteiger partial charge in [-0.15, -0.1) is 0 Å². The number of anilines is 2. The third kappa shape index (κ3) is 6.10. The summed E-state index contributed by atoms with van der Waals surface area (Å²) in [6.45, 7) is 6.96. The molecule has 0 atom stereocenters. The van der Waals surface area contributed by atoms with Gasteiger partial charge in [0, 0.05) is 23.7 Å². The van der Waals surface area contributed by atoms with E-state index < -0.39 is 10.0 Å². The van der Waals surface area contributed by atoms with E-state index in [0.29, 0.717) is 16.9 Å². The summed E-state index contributed by atoms with van der Waals surface area (Å²) in [5.74, 6) is -0.526. The van der Waals surface area contributed by atoms with Gasteiger partial charge in [-0.2, -0.15) is 0 Å². The van der Waals surface area contributed by atoms with Crippen LogP contribution in [0.1, 0.15) is 38.1 Å². The lowest BCUT2D eigenvalue weighted by atomic mass is 10.1. The summed E-state index contributed by atoms with van der Waals surface area (Å²) >= 11 is 0. The lowest BCUT2D eigenvalue weighted by Gasteiger charge is -2.20. The first-order chi connectivity index (χ1) is 12.5. The molecule has 27 heavy (non-hydrogen) atoms. The van der Waals surface area contributed by atoms with Crippen molar-refractivity contribution in [2.75, 3.05) is 10.0 Å². The Labute approximate surface area is 159 Å². The first kappa shape index (κ1) is 20.4. The Bertz CT molecular complexity index is 946. The molecular formula is C19H23N3O4S. The standard InChI is InChI=1S/C19H23N3O4S/c1-13(23)20-15-6-5-7-16(12-15)22-27(25,26)17-10-8-14(9-11-17)18(24)21-19(2,3)4/h5-12,22H,1-4H3,(H,20,23)(H,21,24). The quantitative estimate of drug-likeness (QED) is 0.731. The first-order valence-electron chi connectivity index (χ1n) is 8.29. The summed E-state index contributed by atoms with van der Waals surface area (Å²) in [5.41, 5.74) is 0.784. The molecule has 3 N–H and O–H groups in total. The monoisotopic (exact) mass is 389 g/mol. The molecule has 144 valence electrons. The fourth-order valence-electron chi connectivity index (χ4n) is 2.28. The van der Waals surface area contributed by atoms with Crippen LogP contribution in [-0.2, 0) is 14.8 Å². The Morgan fingerprint density at radius 3 is 2.07 bits per heavy atom. The predicted molar refractivity (Wildman–Crippen MR) is 105 cm³/mol. The van der Waals surface area contributed by atoms with Crippen molar-refractivity contribution in [3.63, 3.8) is 0 Å². The molecule has 0 saturated carbocycles. The summed E-state index contributed by atoms with van der Waals surface area (Å²) in [7, 11) is -3.83. The van der Waals surface area contributed by atoms with Crippen molar-refractivity contribution in [2.24, 2.45) is 0 Å². The Morgan fingerprint density at radius 2 is 1.52 bits per heavy atom. The number of amides is 2. The van der Waals surface area contributed by atoms with Crippen LogP contribution < -0.4 is 15.4 Å². The van der Waals surface area contributed by atoms with E-state index in [0.717, 1.165) is 0 Å². The third-order valence-electron chi connectivity index (χ3n) is 3.35. The van der Waals surface area contributed by atoms with Crippen LogP contribution in [0, 0.1) is 0 Å². The van der Waals surface area contributed by atoms with Crippen molar-refractivity contribution >= 4 is 33.2 Å². The Kier molecular flexibility index (Phi) is 5.90. The van der Waals surface area contributed by atoms with Crippen LogP contribution in [0.3, 0.4) is 0 Å². The van der Waals surface area contributed by atoms with Gasteiger partial charge in [-0.25, -0.2) is 8.42 Å². The highest BCUT2D eigenvalue weighted by Crippen LogP contribution is 2.20. The van der Waals surface area contributed by atoms with Gasteiger partial charge < -0.3 is 10.6 Å². The van der Waals surface area contributed by atoms with Gasteiger partial charge >= 0.3 is 0 Å². The average molecular weight is 389 g/mol. The molecule has 0 aliphatic rings. The minimum Gasteiger partial charge on any atom is -0.347 e. The number of sulfonamides is 1. The van der Waals surface area contributed by atoms with Crippen molar-refractivity contribution in [2.45, 2.75) is 38.1 Å². The van der Waals surface area contributed by atoms with E-state index in [4.69, 9.17) is 0 Å². The van der Waals surface area contributed by atoms with Gasteiger partial charge in [-0.05, 0) is 63.2 Å². The van der Waals surface area contributed by atoms with Crippen LogP contribution in [0.5, 0.6) is 0 Å². The number of carbonyl (C=O) groups is 2. The maximum atomic E-state index is 12.5. The van der Waals surface area contributed by atoms with Gasteiger partial charge in [-0.3, -0.25) is 14.3 Å². The van der Waals surface area contributed by atoms with E-state index in [9.17, 15) is 18.0 Å². The molecule has 7 nitrogen and oxygen atoms in total. The van der Waals surface area contributed by atoms with E-state index >= 15 is 0 Å². The Hall–Kier alpha value is -2.87. The zero-order valence-corrected chi connectivity index (χ0v) is 16.5. The molecule has 2 amide bonds. The predicted octanol–water partition coefficient (Wildman–Crippen LogP) is 2.97. The molecule has 0 fully saturated rings. The lowest BCUT2D eigenvalue weighted by Crippen LogP contribution is -2.40. The molecule has 0 unspecified atom stereocenters. The lowest BCUT2D eigenvalue weighted by molar-refractivity contribution is -0.114. The summed E-state index contributed by atoms with van der Waals surface area (Å²) < 4.78 is 27.5. The Morgan fingerprint density at radius 1 is 0.926 bits per heavy atom. The van der Waals surface area contributed by atoms with Crippen molar-refractivity contribution in [1.29, 1.82) is 0 Å². The average Bonchev–Trinajstić information content (AvgIpc) is 2.52. The van der Waals surface area contributed by atoms with Crippen LogP contribution in [-0.4, -0.2) is 25.8 Å². The van der Waals surface area contributed by atoms with Gasteiger partial charge in [0.25, 0.3) is 15.9 Å². The van der Waals surface area contributed by atoms with Gasteiger partial charge in [0.05, 0.1) is 10.6 Å². The fraction of sp³-hybridized carbons (Fsp3) is 0.263. The van der Waals surface area contributed by atoms with Crippen molar-refractivity contribution in [1.82, 2.24) is 5.32 Å². The summed E-state index contributed by atoms with van der Waals surface area (Å²) in [6, 6.07) is 12.0. The normalized spacial score (nSPS) is 11.6. The number of benzene rings is 2. The van der Waals surface area contributed by atoms with Crippen LogP contribution in [0.25, 0.3) is 0 Å². The van der Waals surface area contributed by atoms with E-state index in [1.165, 1.54) is 37.3 Å². The number of nitrogens with one attached hydrogen (secondary N) is 3. The minimum atomic E-state index is -3.83. The smallest absolute Gasteiger partial charge is 0.261 e. The fourth-order valence-corrected chi connectivity index (χ4v) is 3.33. The second-order valence-corrected chi connectivity index (χ2v) is 8.78. The number of hydrogen-bond donors (Lipinski definition) is 3. The van der Waals surface area contributed by atoms with Gasteiger partial charge in [0.15, 0.2) is 0 Å². The van der Waals surface area contributed by atoms with E-state index in [-0.39, 0.29) is 22.2 Å². The Balaban J connectivity index is 2.17. The molecule has 0 bridgehead atoms. The summed E-state index contributed by atoms with van der Waals surface area (Å²) in [6.07, 6.45) is 0. The molecule has 0 aromatic heterocycles. The molecule has 0 spiro atoms. The third-order valence-corrected chi connectivity index (χ3v) is 4.75. The molecule has 0 aliphatic carbocycles. The maximum Gasteiger partial charge on any atom is 0.261 e. The van der Waals surface area contributed by atoms with Crippen LogP contribution >= 0.6 is 0 Å². The van der Waals surface area contributed by atoms with Crippen molar-refractivity contribution in [3.05, 3.63) is 54.1 Å². The molecule has 2 aromatic rings. The second-order valence-electron chi connectivity index (χ2n) is 7.10. The zero-order chi connectivity index (χ0) is 20.2. The molecule has 2 aromatic carbocycles. The van der Waals surface area contributed by atoms with Gasteiger partial charge in [0.2, 0.25) is 5.91 Å². The van der Waals surface area contributed by atoms with Crippen LogP contribution in [0.15, 0.2) is 53.4 Å². The van der Waals surface area contributed by atoms with Gasteiger partial charge in [0.1, 0.15) is 0 Å². The maximum absolute atomic E-state index is 12.5. The number of carbonyl (C=O) groups excluding carboxylic acids is 2. The summed E-state index contributed by atoms with van der Waals surface area (Å²) in [4.78, 5) is 23.3. The number of rotatable bonds is 5. The summed E-state index contributed by atoms with van der Waals surface area (Å²) in [5, 5.41) is 5.41. The molecule has 0 heterocycles. The minimum absolute atomic E-state index is 0.0275. The zero-order valence-electron chi connectivity index (χ0n) is 15.7. The van der Waals surface area contributed by atoms with Crippen LogP contribution in [0.2, 0.25) is 0 Å². The van der Waals surface area contributed by atoms with E-state index in [1.807, 2.05) is 20.8 Å². The largest absolute Gasteiger partial charge is 0.347 e. The second kappa shape index (κ2) is 7.79. The van der Waals surface area contributed by atoms with E-state index in [2.05, 4.69) is 15.4 Å². The molecule has 0 saturated heterocycles. The molecule has 2 rings (SSSR count). The highest BCUT2D eigenvalue weighted by Gasteiger charge is 2.18. The SMILES string of the molecule is CC(=O)Nc1cccc(NS(=O)(=O)c2ccc(C(=O)NC(C)(C)C)cc2)c1. The van der Waals surface area contributed by atoms with Crippen molar-refractivity contribution in [3.8, 4) is 0 Å². The first-order valence-corrected chi connectivity index (χ1v) is 9.78. The molecule has 8 heteroatoms. The molecular weight excluding hydrogens is 366 g/mol.